The lowest BCUT2D eigenvalue weighted by Gasteiger charge is -2.35. The summed E-state index contributed by atoms with van der Waals surface area (Å²) in [7, 11) is 0. The molecule has 0 amide bonds. The molecule has 3 aromatic rings. The summed E-state index contributed by atoms with van der Waals surface area (Å²) in [6.45, 7) is 2.06. The first-order chi connectivity index (χ1) is 13.2. The van der Waals surface area contributed by atoms with E-state index >= 15 is 0 Å². The Morgan fingerprint density at radius 2 is 1.78 bits per heavy atom. The van der Waals surface area contributed by atoms with Gasteiger partial charge in [-0.1, -0.05) is 60.2 Å². The summed E-state index contributed by atoms with van der Waals surface area (Å²) < 4.78 is 1.82. The van der Waals surface area contributed by atoms with Gasteiger partial charge >= 0.3 is 0 Å². The van der Waals surface area contributed by atoms with E-state index in [0.717, 1.165) is 23.3 Å². The zero-order valence-corrected chi connectivity index (χ0v) is 15.1. The van der Waals surface area contributed by atoms with Gasteiger partial charge in [-0.25, -0.2) is 4.68 Å². The van der Waals surface area contributed by atoms with E-state index in [2.05, 4.69) is 58.7 Å². The van der Waals surface area contributed by atoms with E-state index < -0.39 is 0 Å². The Labute approximate surface area is 157 Å². The standard InChI is InChI=1S/C22H20N4O/c1-14-7-9-16(10-8-14)21-20-18(25-22-23-13-24-26(21)22)11-17(12-19(20)27)15-5-3-2-4-6-15/h2-10,13,17,21H,11-12H2,1H3,(H,23,24,25)/t17-,21+/m0/s1. The molecule has 1 N–H and O–H groups in total. The third kappa shape index (κ3) is 2.67. The lowest BCUT2D eigenvalue weighted by Crippen LogP contribution is -2.33. The third-order valence-corrected chi connectivity index (χ3v) is 5.53. The Kier molecular flexibility index (Phi) is 3.67. The van der Waals surface area contributed by atoms with Gasteiger partial charge < -0.3 is 5.32 Å². The highest BCUT2D eigenvalue weighted by molar-refractivity contribution is 6.00. The summed E-state index contributed by atoms with van der Waals surface area (Å²) in [6.07, 6.45) is 2.87. The summed E-state index contributed by atoms with van der Waals surface area (Å²) in [5.74, 6) is 1.07. The van der Waals surface area contributed by atoms with Crippen LogP contribution in [-0.2, 0) is 4.79 Å². The van der Waals surface area contributed by atoms with Gasteiger partial charge in [0.05, 0.1) is 0 Å². The summed E-state index contributed by atoms with van der Waals surface area (Å²) in [4.78, 5) is 17.6. The molecule has 134 valence electrons. The van der Waals surface area contributed by atoms with Gasteiger partial charge in [-0.05, 0) is 30.4 Å². The Balaban J connectivity index is 1.60. The molecule has 0 saturated carbocycles. The molecule has 2 aromatic carbocycles. The first-order valence-electron chi connectivity index (χ1n) is 9.25. The van der Waals surface area contributed by atoms with Crippen LogP contribution in [0.1, 0.15) is 41.5 Å². The second kappa shape index (κ2) is 6.20. The van der Waals surface area contributed by atoms with E-state index in [1.54, 1.807) is 6.33 Å². The number of fused-ring (bicyclic) bond motifs is 1. The number of hydrogen-bond donors (Lipinski definition) is 1. The fourth-order valence-corrected chi connectivity index (χ4v) is 4.17. The molecule has 1 aliphatic carbocycles. The van der Waals surface area contributed by atoms with Crippen molar-refractivity contribution >= 4 is 11.7 Å². The van der Waals surface area contributed by atoms with Crippen molar-refractivity contribution in [1.29, 1.82) is 0 Å². The van der Waals surface area contributed by atoms with Crippen molar-refractivity contribution < 1.29 is 4.79 Å². The fraction of sp³-hybridized carbons (Fsp3) is 0.227. The highest BCUT2D eigenvalue weighted by Crippen LogP contribution is 2.43. The maximum Gasteiger partial charge on any atom is 0.226 e. The van der Waals surface area contributed by atoms with Crippen LogP contribution in [0.2, 0.25) is 0 Å². The minimum atomic E-state index is -0.219. The van der Waals surface area contributed by atoms with Gasteiger partial charge in [-0.2, -0.15) is 10.1 Å². The van der Waals surface area contributed by atoms with Gasteiger partial charge in [-0.15, -0.1) is 0 Å². The molecule has 2 heterocycles. The lowest BCUT2D eigenvalue weighted by atomic mass is 9.78. The number of carbonyl (C=O) groups excluding carboxylic acids is 1. The van der Waals surface area contributed by atoms with E-state index in [4.69, 9.17) is 0 Å². The van der Waals surface area contributed by atoms with E-state index in [1.165, 1.54) is 11.1 Å². The van der Waals surface area contributed by atoms with Gasteiger partial charge in [0.15, 0.2) is 5.78 Å². The monoisotopic (exact) mass is 356 g/mol. The quantitative estimate of drug-likeness (QED) is 0.754. The van der Waals surface area contributed by atoms with Crippen molar-refractivity contribution in [1.82, 2.24) is 14.8 Å². The number of anilines is 1. The van der Waals surface area contributed by atoms with Gasteiger partial charge in [0.25, 0.3) is 0 Å². The van der Waals surface area contributed by atoms with Crippen LogP contribution < -0.4 is 5.32 Å². The molecule has 0 spiro atoms. The number of Topliss-reactive ketones (excluding diaryl/α,β-unsaturated/α-hetero) is 1. The van der Waals surface area contributed by atoms with Crippen molar-refractivity contribution in [3.63, 3.8) is 0 Å². The summed E-state index contributed by atoms with van der Waals surface area (Å²) in [5, 5.41) is 7.76. The smallest absolute Gasteiger partial charge is 0.226 e. The molecule has 0 radical (unpaired) electrons. The van der Waals surface area contributed by atoms with Gasteiger partial charge in [0, 0.05) is 17.7 Å². The number of hydrogen-bond acceptors (Lipinski definition) is 4. The highest BCUT2D eigenvalue weighted by Gasteiger charge is 2.39. The molecule has 5 heteroatoms. The summed E-state index contributed by atoms with van der Waals surface area (Å²) in [6, 6.07) is 18.4. The predicted octanol–water partition coefficient (Wildman–Crippen LogP) is 4.00. The van der Waals surface area contributed by atoms with Gasteiger partial charge in [0.2, 0.25) is 5.95 Å². The first kappa shape index (κ1) is 16.0. The molecule has 0 saturated heterocycles. The van der Waals surface area contributed by atoms with Crippen LogP contribution in [0.3, 0.4) is 0 Å². The summed E-state index contributed by atoms with van der Waals surface area (Å²) in [5.41, 5.74) is 5.26. The van der Waals surface area contributed by atoms with Crippen LogP contribution >= 0.6 is 0 Å². The second-order valence-corrected chi connectivity index (χ2v) is 7.30. The van der Waals surface area contributed by atoms with Gasteiger partial charge in [0.1, 0.15) is 12.4 Å². The van der Waals surface area contributed by atoms with E-state index in [1.807, 2.05) is 22.9 Å². The van der Waals surface area contributed by atoms with Crippen LogP contribution in [0.5, 0.6) is 0 Å². The normalized spacial score (nSPS) is 21.4. The number of aryl methyl sites for hydroxylation is 1. The Hall–Kier alpha value is -3.21. The molecule has 5 nitrogen and oxygen atoms in total. The number of allylic oxidation sites excluding steroid dienone is 2. The van der Waals surface area contributed by atoms with Gasteiger partial charge in [-0.3, -0.25) is 4.79 Å². The number of nitrogens with one attached hydrogen (secondary N) is 1. The Bertz CT molecular complexity index is 1030. The number of carbonyl (C=O) groups is 1. The SMILES string of the molecule is Cc1ccc([C@@H]2C3=C(C[C@H](c4ccccc4)CC3=O)Nc3ncnn32)cc1. The molecule has 5 rings (SSSR count). The van der Waals surface area contributed by atoms with E-state index in [0.29, 0.717) is 12.4 Å². The number of ketones is 1. The maximum absolute atomic E-state index is 13.2. The van der Waals surface area contributed by atoms with E-state index in [9.17, 15) is 4.79 Å². The van der Waals surface area contributed by atoms with Crippen LogP contribution in [-0.4, -0.2) is 20.5 Å². The number of benzene rings is 2. The van der Waals surface area contributed by atoms with Crippen molar-refractivity contribution in [3.8, 4) is 0 Å². The van der Waals surface area contributed by atoms with Crippen LogP contribution in [0.25, 0.3) is 0 Å². The Morgan fingerprint density at radius 3 is 2.56 bits per heavy atom. The fourth-order valence-electron chi connectivity index (χ4n) is 4.17. The highest BCUT2D eigenvalue weighted by atomic mass is 16.1. The lowest BCUT2D eigenvalue weighted by molar-refractivity contribution is -0.116. The Morgan fingerprint density at radius 1 is 1.00 bits per heavy atom. The van der Waals surface area contributed by atoms with Crippen molar-refractivity contribution in [2.24, 2.45) is 0 Å². The van der Waals surface area contributed by atoms with Crippen molar-refractivity contribution in [3.05, 3.63) is 88.9 Å². The third-order valence-electron chi connectivity index (χ3n) is 5.53. The van der Waals surface area contributed by atoms with E-state index in [-0.39, 0.29) is 17.7 Å². The minimum absolute atomic E-state index is 0.185. The van der Waals surface area contributed by atoms with Crippen LogP contribution in [0.4, 0.5) is 5.95 Å². The van der Waals surface area contributed by atoms with Crippen LogP contribution in [0.15, 0.2) is 72.2 Å². The number of aromatic nitrogens is 3. The zero-order chi connectivity index (χ0) is 18.4. The molecule has 2 atom stereocenters. The molecule has 0 fully saturated rings. The molecule has 2 aliphatic rings. The zero-order valence-electron chi connectivity index (χ0n) is 15.1. The first-order valence-corrected chi connectivity index (χ1v) is 9.25. The average molecular weight is 356 g/mol. The maximum atomic E-state index is 13.2. The molecule has 1 aromatic heterocycles. The molecular formula is C22H20N4O. The molecule has 0 unspecified atom stereocenters. The number of nitrogens with zero attached hydrogens (tertiary/aromatic N) is 3. The van der Waals surface area contributed by atoms with Crippen molar-refractivity contribution in [2.75, 3.05) is 5.32 Å². The second-order valence-electron chi connectivity index (χ2n) is 7.30. The minimum Gasteiger partial charge on any atom is -0.328 e. The number of rotatable bonds is 2. The largest absolute Gasteiger partial charge is 0.328 e. The molecule has 27 heavy (non-hydrogen) atoms. The van der Waals surface area contributed by atoms with Crippen molar-refractivity contribution in [2.45, 2.75) is 31.7 Å². The summed E-state index contributed by atoms with van der Waals surface area (Å²) >= 11 is 0. The molecular weight excluding hydrogens is 336 g/mol. The molecule has 0 bridgehead atoms. The average Bonchev–Trinajstić information content (AvgIpc) is 3.16. The van der Waals surface area contributed by atoms with Crippen LogP contribution in [0, 0.1) is 6.92 Å². The molecule has 1 aliphatic heterocycles. The topological polar surface area (TPSA) is 59.8 Å². The predicted molar refractivity (Wildman–Crippen MR) is 103 cm³/mol.